The van der Waals surface area contributed by atoms with Crippen molar-refractivity contribution < 1.29 is 9.90 Å². The van der Waals surface area contributed by atoms with E-state index < -0.39 is 5.97 Å². The van der Waals surface area contributed by atoms with E-state index in [1.54, 1.807) is 13.1 Å². The fourth-order valence-corrected chi connectivity index (χ4v) is 2.10. The summed E-state index contributed by atoms with van der Waals surface area (Å²) in [6.45, 7) is 1.89. The molecule has 0 saturated carbocycles. The average molecular weight is 256 g/mol. The van der Waals surface area contributed by atoms with Crippen molar-refractivity contribution in [1.29, 1.82) is 0 Å². The van der Waals surface area contributed by atoms with E-state index in [1.807, 2.05) is 25.1 Å². The molecule has 0 fully saturated rings. The van der Waals surface area contributed by atoms with Crippen molar-refractivity contribution in [3.05, 3.63) is 35.8 Å². The van der Waals surface area contributed by atoms with Gasteiger partial charge >= 0.3 is 5.97 Å². The largest absolute Gasteiger partial charge is 0.477 e. The van der Waals surface area contributed by atoms with Crippen LogP contribution in [0.25, 0.3) is 22.3 Å². The van der Waals surface area contributed by atoms with Gasteiger partial charge in [0, 0.05) is 12.6 Å². The molecule has 2 aromatic heterocycles. The molecule has 0 aliphatic heterocycles. The summed E-state index contributed by atoms with van der Waals surface area (Å²) < 4.78 is 1.36. The molecule has 3 aromatic rings. The van der Waals surface area contributed by atoms with E-state index in [2.05, 4.69) is 15.1 Å². The Morgan fingerprint density at radius 2 is 2.16 bits per heavy atom. The van der Waals surface area contributed by atoms with Gasteiger partial charge in [0.1, 0.15) is 11.5 Å². The number of aromatic amines is 1. The molecule has 2 heterocycles. The van der Waals surface area contributed by atoms with Gasteiger partial charge in [-0.3, -0.25) is 4.68 Å². The Morgan fingerprint density at radius 3 is 2.84 bits per heavy atom. The third-order valence-electron chi connectivity index (χ3n) is 2.99. The van der Waals surface area contributed by atoms with Crippen molar-refractivity contribution in [3.63, 3.8) is 0 Å². The van der Waals surface area contributed by atoms with Crippen LogP contribution in [-0.4, -0.2) is 30.8 Å². The van der Waals surface area contributed by atoms with Crippen LogP contribution in [0.5, 0.6) is 0 Å². The van der Waals surface area contributed by atoms with Crippen molar-refractivity contribution >= 4 is 17.0 Å². The zero-order chi connectivity index (χ0) is 13.6. The molecule has 0 bridgehead atoms. The van der Waals surface area contributed by atoms with Gasteiger partial charge in [-0.25, -0.2) is 9.78 Å². The number of H-pyrrole nitrogens is 1. The van der Waals surface area contributed by atoms with Crippen LogP contribution in [0.1, 0.15) is 16.3 Å². The Morgan fingerprint density at radius 1 is 1.37 bits per heavy atom. The summed E-state index contributed by atoms with van der Waals surface area (Å²) >= 11 is 0. The number of carboxylic acid groups (broad SMARTS) is 1. The predicted molar refractivity (Wildman–Crippen MR) is 70.0 cm³/mol. The zero-order valence-electron chi connectivity index (χ0n) is 10.5. The maximum Gasteiger partial charge on any atom is 0.354 e. The first-order valence-electron chi connectivity index (χ1n) is 5.78. The summed E-state index contributed by atoms with van der Waals surface area (Å²) in [5.41, 5.74) is 3.46. The van der Waals surface area contributed by atoms with E-state index in [1.165, 1.54) is 4.68 Å². The number of aromatic carboxylic acids is 1. The van der Waals surface area contributed by atoms with Gasteiger partial charge in [0.25, 0.3) is 0 Å². The summed E-state index contributed by atoms with van der Waals surface area (Å²) in [7, 11) is 1.62. The van der Waals surface area contributed by atoms with Crippen molar-refractivity contribution in [1.82, 2.24) is 19.7 Å². The van der Waals surface area contributed by atoms with Gasteiger partial charge in [0.05, 0.1) is 16.7 Å². The Hall–Kier alpha value is -2.63. The van der Waals surface area contributed by atoms with Crippen LogP contribution in [0.2, 0.25) is 0 Å². The first-order valence-corrected chi connectivity index (χ1v) is 5.78. The molecule has 96 valence electrons. The maximum atomic E-state index is 11.0. The summed E-state index contributed by atoms with van der Waals surface area (Å²) in [5.74, 6) is -0.140. The smallest absolute Gasteiger partial charge is 0.354 e. The molecule has 2 N–H and O–H groups in total. The van der Waals surface area contributed by atoms with Gasteiger partial charge in [0.15, 0.2) is 0 Å². The molecule has 0 radical (unpaired) electrons. The number of carbonyl (C=O) groups is 1. The number of fused-ring (bicyclic) bond motifs is 1. The number of nitrogens with zero attached hydrogens (tertiary/aromatic N) is 3. The Kier molecular flexibility index (Phi) is 2.38. The SMILES string of the molecule is Cc1nc2ccc(-c3cc(C(=O)O)n(C)n3)cc2[nH]1. The Bertz CT molecular complexity index is 785. The van der Waals surface area contributed by atoms with Crippen LogP contribution in [0.3, 0.4) is 0 Å². The fourth-order valence-electron chi connectivity index (χ4n) is 2.10. The molecular formula is C13H12N4O2. The first-order chi connectivity index (χ1) is 9.04. The molecule has 0 spiro atoms. The lowest BCUT2D eigenvalue weighted by Crippen LogP contribution is -2.04. The van der Waals surface area contributed by atoms with E-state index in [0.29, 0.717) is 5.69 Å². The highest BCUT2D eigenvalue weighted by Crippen LogP contribution is 2.23. The van der Waals surface area contributed by atoms with Crippen molar-refractivity contribution in [2.75, 3.05) is 0 Å². The number of benzene rings is 1. The third kappa shape index (κ3) is 1.87. The van der Waals surface area contributed by atoms with E-state index in [0.717, 1.165) is 22.4 Å². The number of hydrogen-bond acceptors (Lipinski definition) is 3. The van der Waals surface area contributed by atoms with Crippen LogP contribution in [0.15, 0.2) is 24.3 Å². The normalized spacial score (nSPS) is 11.1. The molecule has 0 amide bonds. The molecular weight excluding hydrogens is 244 g/mol. The van der Waals surface area contributed by atoms with Crippen LogP contribution < -0.4 is 0 Å². The van der Waals surface area contributed by atoms with Gasteiger partial charge in [-0.05, 0) is 25.1 Å². The van der Waals surface area contributed by atoms with Crippen LogP contribution >= 0.6 is 0 Å². The first kappa shape index (κ1) is 11.5. The quantitative estimate of drug-likeness (QED) is 0.734. The number of rotatable bonds is 2. The highest BCUT2D eigenvalue weighted by molar-refractivity contribution is 5.88. The summed E-state index contributed by atoms with van der Waals surface area (Å²) in [5, 5.41) is 13.2. The lowest BCUT2D eigenvalue weighted by Gasteiger charge is -1.96. The minimum atomic E-state index is -0.986. The van der Waals surface area contributed by atoms with Gasteiger partial charge in [-0.1, -0.05) is 6.07 Å². The minimum absolute atomic E-state index is 0.163. The number of hydrogen-bond donors (Lipinski definition) is 2. The summed E-state index contributed by atoms with van der Waals surface area (Å²) in [4.78, 5) is 18.5. The number of carboxylic acids is 1. The van der Waals surface area contributed by atoms with Crippen LogP contribution in [-0.2, 0) is 7.05 Å². The van der Waals surface area contributed by atoms with E-state index in [9.17, 15) is 4.79 Å². The van der Waals surface area contributed by atoms with Crippen LogP contribution in [0.4, 0.5) is 0 Å². The molecule has 1 aromatic carbocycles. The number of nitrogens with one attached hydrogen (secondary N) is 1. The Balaban J connectivity index is 2.13. The summed E-state index contributed by atoms with van der Waals surface area (Å²) in [6.07, 6.45) is 0. The van der Waals surface area contributed by atoms with Gasteiger partial charge < -0.3 is 10.1 Å². The van der Waals surface area contributed by atoms with Gasteiger partial charge in [-0.2, -0.15) is 5.10 Å². The third-order valence-corrected chi connectivity index (χ3v) is 2.99. The second kappa shape index (κ2) is 3.94. The molecule has 6 heteroatoms. The topological polar surface area (TPSA) is 83.8 Å². The summed E-state index contributed by atoms with van der Waals surface area (Å²) in [6, 6.07) is 7.26. The fraction of sp³-hybridized carbons (Fsp3) is 0.154. The number of aryl methyl sites for hydroxylation is 2. The zero-order valence-corrected chi connectivity index (χ0v) is 10.5. The molecule has 0 atom stereocenters. The molecule has 19 heavy (non-hydrogen) atoms. The predicted octanol–water partition coefficient (Wildman–Crippen LogP) is 1.97. The molecule has 0 aliphatic rings. The van der Waals surface area contributed by atoms with Crippen molar-refractivity contribution in [2.24, 2.45) is 7.05 Å². The molecule has 0 saturated heterocycles. The van der Waals surface area contributed by atoms with Gasteiger partial charge in [-0.15, -0.1) is 0 Å². The molecule has 3 rings (SSSR count). The molecule has 0 aliphatic carbocycles. The average Bonchev–Trinajstić information content (AvgIpc) is 2.89. The lowest BCUT2D eigenvalue weighted by molar-refractivity contribution is 0.0685. The number of imidazole rings is 1. The maximum absolute atomic E-state index is 11.0. The Labute approximate surface area is 108 Å². The van der Waals surface area contributed by atoms with Gasteiger partial charge in [0.2, 0.25) is 0 Å². The second-order valence-corrected chi connectivity index (χ2v) is 4.40. The van der Waals surface area contributed by atoms with Crippen molar-refractivity contribution in [3.8, 4) is 11.3 Å². The van der Waals surface area contributed by atoms with E-state index >= 15 is 0 Å². The monoisotopic (exact) mass is 256 g/mol. The standard InChI is InChI=1S/C13H12N4O2/c1-7-14-9-4-3-8(5-11(9)15-7)10-6-12(13(18)19)17(2)16-10/h3-6H,1-2H3,(H,14,15)(H,18,19). The van der Waals surface area contributed by atoms with Crippen LogP contribution in [0, 0.1) is 6.92 Å². The highest BCUT2D eigenvalue weighted by Gasteiger charge is 2.13. The highest BCUT2D eigenvalue weighted by atomic mass is 16.4. The molecule has 6 nitrogen and oxygen atoms in total. The molecule has 0 unspecified atom stereocenters. The van der Waals surface area contributed by atoms with E-state index in [4.69, 9.17) is 5.11 Å². The van der Waals surface area contributed by atoms with E-state index in [-0.39, 0.29) is 5.69 Å². The lowest BCUT2D eigenvalue weighted by atomic mass is 10.1. The van der Waals surface area contributed by atoms with Crippen molar-refractivity contribution in [2.45, 2.75) is 6.92 Å². The minimum Gasteiger partial charge on any atom is -0.477 e. The number of aromatic nitrogens is 4. The second-order valence-electron chi connectivity index (χ2n) is 4.40.